The lowest BCUT2D eigenvalue weighted by molar-refractivity contribution is 0.215. The van der Waals surface area contributed by atoms with Crippen LogP contribution in [0.2, 0.25) is 0 Å². The van der Waals surface area contributed by atoms with Crippen molar-refractivity contribution in [3.63, 3.8) is 0 Å². The SMILES string of the molecule is [CH2]c1cc(OC)c(OC(C)c2ccc(OC)nc2)cc1N1C=CN(c2cnn(C)c2)C1. The van der Waals surface area contributed by atoms with Gasteiger partial charge in [-0.25, -0.2) is 4.98 Å². The van der Waals surface area contributed by atoms with E-state index in [2.05, 4.69) is 26.8 Å². The van der Waals surface area contributed by atoms with Crippen LogP contribution in [0.5, 0.6) is 17.4 Å². The first-order valence-corrected chi connectivity index (χ1v) is 9.89. The second-order valence-corrected chi connectivity index (χ2v) is 7.28. The molecule has 161 valence electrons. The quantitative estimate of drug-likeness (QED) is 0.574. The zero-order chi connectivity index (χ0) is 22.0. The van der Waals surface area contributed by atoms with E-state index in [1.165, 1.54) is 0 Å². The molecule has 0 N–H and O–H groups in total. The van der Waals surface area contributed by atoms with Gasteiger partial charge in [0.05, 0.1) is 32.8 Å². The molecule has 31 heavy (non-hydrogen) atoms. The second kappa shape index (κ2) is 8.59. The maximum Gasteiger partial charge on any atom is 0.212 e. The van der Waals surface area contributed by atoms with Gasteiger partial charge in [-0.2, -0.15) is 5.10 Å². The summed E-state index contributed by atoms with van der Waals surface area (Å²) in [4.78, 5) is 8.49. The van der Waals surface area contributed by atoms with Gasteiger partial charge in [0.15, 0.2) is 11.5 Å². The molecular formula is C23H26N5O3. The minimum absolute atomic E-state index is 0.225. The molecular weight excluding hydrogens is 394 g/mol. The largest absolute Gasteiger partial charge is 0.493 e. The van der Waals surface area contributed by atoms with Crippen molar-refractivity contribution < 1.29 is 14.2 Å². The summed E-state index contributed by atoms with van der Waals surface area (Å²) in [6, 6.07) is 7.61. The summed E-state index contributed by atoms with van der Waals surface area (Å²) in [6.07, 6.45) is 9.38. The number of aromatic nitrogens is 3. The minimum atomic E-state index is -0.225. The number of pyridine rings is 1. The van der Waals surface area contributed by atoms with Gasteiger partial charge in [0, 0.05) is 55.2 Å². The second-order valence-electron chi connectivity index (χ2n) is 7.28. The van der Waals surface area contributed by atoms with E-state index in [9.17, 15) is 0 Å². The Bertz CT molecular complexity index is 1080. The van der Waals surface area contributed by atoms with Gasteiger partial charge in [-0.1, -0.05) is 0 Å². The number of anilines is 2. The van der Waals surface area contributed by atoms with Crippen LogP contribution < -0.4 is 24.0 Å². The third-order valence-corrected chi connectivity index (χ3v) is 5.17. The normalized spacial score (nSPS) is 14.1. The van der Waals surface area contributed by atoms with Crippen molar-refractivity contribution in [2.45, 2.75) is 13.0 Å². The van der Waals surface area contributed by atoms with Gasteiger partial charge in [-0.05, 0) is 31.5 Å². The Hall–Kier alpha value is -3.68. The molecule has 3 aromatic rings. The lowest BCUT2D eigenvalue weighted by atomic mass is 10.1. The predicted molar refractivity (Wildman–Crippen MR) is 119 cm³/mol. The number of methoxy groups -OCH3 is 2. The highest BCUT2D eigenvalue weighted by atomic mass is 16.5. The number of hydrogen-bond acceptors (Lipinski definition) is 7. The van der Waals surface area contributed by atoms with Crippen molar-refractivity contribution >= 4 is 11.4 Å². The summed E-state index contributed by atoms with van der Waals surface area (Å²) >= 11 is 0. The Morgan fingerprint density at radius 2 is 1.84 bits per heavy atom. The van der Waals surface area contributed by atoms with E-state index < -0.39 is 0 Å². The molecule has 1 unspecified atom stereocenters. The lowest BCUT2D eigenvalue weighted by Gasteiger charge is -2.24. The number of nitrogens with zero attached hydrogens (tertiary/aromatic N) is 5. The van der Waals surface area contributed by atoms with Crippen LogP contribution in [0, 0.1) is 6.92 Å². The lowest BCUT2D eigenvalue weighted by Crippen LogP contribution is -2.25. The van der Waals surface area contributed by atoms with Crippen LogP contribution in [0.4, 0.5) is 11.4 Å². The van der Waals surface area contributed by atoms with Gasteiger partial charge in [-0.3, -0.25) is 4.68 Å². The van der Waals surface area contributed by atoms with Crippen molar-refractivity contribution in [3.8, 4) is 17.4 Å². The van der Waals surface area contributed by atoms with Gasteiger partial charge in [0.25, 0.3) is 0 Å². The number of hydrogen-bond donors (Lipinski definition) is 0. The smallest absolute Gasteiger partial charge is 0.212 e. The topological polar surface area (TPSA) is 64.9 Å². The molecule has 1 aromatic carbocycles. The van der Waals surface area contributed by atoms with E-state index in [1.807, 2.05) is 63.0 Å². The third kappa shape index (κ3) is 4.28. The molecule has 0 amide bonds. The van der Waals surface area contributed by atoms with Crippen LogP contribution in [-0.2, 0) is 7.05 Å². The average Bonchev–Trinajstić information content (AvgIpc) is 3.43. The average molecular weight is 420 g/mol. The number of rotatable bonds is 7. The van der Waals surface area contributed by atoms with Crippen molar-refractivity contribution in [2.75, 3.05) is 30.7 Å². The molecule has 0 aliphatic carbocycles. The van der Waals surface area contributed by atoms with Gasteiger partial charge < -0.3 is 24.0 Å². The van der Waals surface area contributed by atoms with Gasteiger partial charge in [-0.15, -0.1) is 0 Å². The molecule has 2 aromatic heterocycles. The maximum absolute atomic E-state index is 6.25. The summed E-state index contributed by atoms with van der Waals surface area (Å²) < 4.78 is 18.7. The zero-order valence-corrected chi connectivity index (χ0v) is 18.1. The predicted octanol–water partition coefficient (Wildman–Crippen LogP) is 3.91. The molecule has 0 saturated heterocycles. The summed E-state index contributed by atoms with van der Waals surface area (Å²) in [5.41, 5.74) is 3.75. The zero-order valence-electron chi connectivity index (χ0n) is 18.1. The van der Waals surface area contributed by atoms with E-state index in [0.717, 1.165) is 22.5 Å². The molecule has 0 fully saturated rings. The van der Waals surface area contributed by atoms with Crippen LogP contribution in [0.25, 0.3) is 0 Å². The summed E-state index contributed by atoms with van der Waals surface area (Å²) in [6.45, 7) is 6.83. The molecule has 3 heterocycles. The van der Waals surface area contributed by atoms with E-state index in [-0.39, 0.29) is 6.10 Å². The molecule has 8 nitrogen and oxygen atoms in total. The first kappa shape index (κ1) is 20.6. The fourth-order valence-electron chi connectivity index (χ4n) is 3.42. The number of benzene rings is 1. The Labute approximate surface area is 182 Å². The minimum Gasteiger partial charge on any atom is -0.493 e. The van der Waals surface area contributed by atoms with E-state index in [1.54, 1.807) is 25.1 Å². The van der Waals surface area contributed by atoms with Crippen LogP contribution in [0.1, 0.15) is 24.2 Å². The molecule has 8 heteroatoms. The highest BCUT2D eigenvalue weighted by Gasteiger charge is 2.21. The molecule has 4 rings (SSSR count). The van der Waals surface area contributed by atoms with Crippen LogP contribution in [0.3, 0.4) is 0 Å². The summed E-state index contributed by atoms with van der Waals surface area (Å²) in [7, 11) is 5.12. The molecule has 0 spiro atoms. The van der Waals surface area contributed by atoms with Crippen LogP contribution >= 0.6 is 0 Å². The van der Waals surface area contributed by atoms with Crippen molar-refractivity contribution in [2.24, 2.45) is 7.05 Å². The first-order valence-electron chi connectivity index (χ1n) is 9.89. The monoisotopic (exact) mass is 420 g/mol. The Morgan fingerprint density at radius 1 is 1.03 bits per heavy atom. The fourth-order valence-corrected chi connectivity index (χ4v) is 3.42. The Morgan fingerprint density at radius 3 is 2.48 bits per heavy atom. The molecule has 1 radical (unpaired) electrons. The first-order chi connectivity index (χ1) is 15.0. The molecule has 1 aliphatic heterocycles. The molecule has 1 atom stereocenters. The van der Waals surface area contributed by atoms with Crippen LogP contribution in [0.15, 0.2) is 55.3 Å². The Balaban J connectivity index is 1.56. The van der Waals surface area contributed by atoms with E-state index >= 15 is 0 Å². The molecule has 0 saturated carbocycles. The van der Waals surface area contributed by atoms with Crippen molar-refractivity contribution in [3.05, 3.63) is 73.3 Å². The van der Waals surface area contributed by atoms with Gasteiger partial charge >= 0.3 is 0 Å². The maximum atomic E-state index is 6.25. The number of aryl methyl sites for hydroxylation is 1. The van der Waals surface area contributed by atoms with Gasteiger partial charge in [0.2, 0.25) is 5.88 Å². The fraction of sp³-hybridized carbons (Fsp3) is 0.261. The highest BCUT2D eigenvalue weighted by Crippen LogP contribution is 2.38. The van der Waals surface area contributed by atoms with E-state index in [4.69, 9.17) is 14.2 Å². The Kier molecular flexibility index (Phi) is 5.70. The van der Waals surface area contributed by atoms with Crippen molar-refractivity contribution in [1.82, 2.24) is 14.8 Å². The summed E-state index contributed by atoms with van der Waals surface area (Å²) in [5, 5.41) is 4.25. The van der Waals surface area contributed by atoms with Crippen molar-refractivity contribution in [1.29, 1.82) is 0 Å². The van der Waals surface area contributed by atoms with Crippen LogP contribution in [-0.4, -0.2) is 35.7 Å². The summed E-state index contributed by atoms with van der Waals surface area (Å²) in [5.74, 6) is 1.84. The standard InChI is InChI=1S/C23H26N5O3/c1-16-10-21(29-4)22(31-17(2)18-6-7-23(30-5)24-12-18)11-20(16)28-9-8-27(15-28)19-13-25-26(3)14-19/h6-14,17H,1,15H2,2-5H3. The molecule has 1 aliphatic rings. The van der Waals surface area contributed by atoms with Gasteiger partial charge in [0.1, 0.15) is 6.10 Å². The number of ether oxygens (including phenoxy) is 3. The highest BCUT2D eigenvalue weighted by molar-refractivity contribution is 5.67. The van der Waals surface area contributed by atoms with E-state index in [0.29, 0.717) is 24.0 Å². The molecule has 0 bridgehead atoms. The third-order valence-electron chi connectivity index (χ3n) is 5.17.